The number of rotatable bonds is 9. The van der Waals surface area contributed by atoms with E-state index >= 15 is 0 Å². The minimum absolute atomic E-state index is 0.0858. The summed E-state index contributed by atoms with van der Waals surface area (Å²) in [4.78, 5) is 17.0. The number of ether oxygens (including phenoxy) is 2. The quantitative estimate of drug-likeness (QED) is 0.538. The Morgan fingerprint density at radius 1 is 0.968 bits per heavy atom. The Hall–Kier alpha value is -2.08. The molecular formula is C25H33ClN2O3. The Balaban J connectivity index is 1.47. The topological polar surface area (TPSA) is 42.0 Å². The molecule has 168 valence electrons. The van der Waals surface area contributed by atoms with Crippen LogP contribution < -0.4 is 4.74 Å². The van der Waals surface area contributed by atoms with Crippen LogP contribution in [-0.2, 0) is 11.2 Å². The third kappa shape index (κ3) is 6.45. The van der Waals surface area contributed by atoms with Gasteiger partial charge in [-0.2, -0.15) is 0 Å². The number of piperazine rings is 1. The van der Waals surface area contributed by atoms with Gasteiger partial charge in [-0.1, -0.05) is 17.7 Å². The zero-order valence-electron chi connectivity index (χ0n) is 18.8. The molecule has 0 radical (unpaired) electrons. The minimum Gasteiger partial charge on any atom is -0.491 e. The lowest BCUT2D eigenvalue weighted by Crippen LogP contribution is -2.49. The zero-order valence-corrected chi connectivity index (χ0v) is 19.6. The molecule has 1 aliphatic heterocycles. The summed E-state index contributed by atoms with van der Waals surface area (Å²) in [6, 6.07) is 11.4. The summed E-state index contributed by atoms with van der Waals surface area (Å²) < 4.78 is 11.2. The second-order valence-corrected chi connectivity index (χ2v) is 8.35. The number of amides is 1. The second-order valence-electron chi connectivity index (χ2n) is 7.91. The molecule has 31 heavy (non-hydrogen) atoms. The summed E-state index contributed by atoms with van der Waals surface area (Å²) in [5.41, 5.74) is 4.56. The molecule has 0 bridgehead atoms. The summed E-state index contributed by atoms with van der Waals surface area (Å²) in [7, 11) is 0. The van der Waals surface area contributed by atoms with Crippen LogP contribution in [0.1, 0.15) is 34.0 Å². The van der Waals surface area contributed by atoms with E-state index < -0.39 is 0 Å². The average molecular weight is 445 g/mol. The third-order valence-corrected chi connectivity index (χ3v) is 6.24. The molecule has 1 amide bonds. The first kappa shape index (κ1) is 23.6. The lowest BCUT2D eigenvalue weighted by Gasteiger charge is -2.35. The van der Waals surface area contributed by atoms with Crippen molar-refractivity contribution >= 4 is 17.5 Å². The van der Waals surface area contributed by atoms with E-state index in [2.05, 4.69) is 30.9 Å². The molecule has 0 atom stereocenters. The number of halogens is 1. The summed E-state index contributed by atoms with van der Waals surface area (Å²) in [5.74, 6) is 1.03. The molecule has 3 rings (SSSR count). The lowest BCUT2D eigenvalue weighted by molar-refractivity contribution is 0.0638. The van der Waals surface area contributed by atoms with Crippen LogP contribution in [-0.4, -0.2) is 68.3 Å². The van der Waals surface area contributed by atoms with Crippen molar-refractivity contribution in [3.63, 3.8) is 0 Å². The van der Waals surface area contributed by atoms with Crippen molar-refractivity contribution in [2.75, 3.05) is 52.5 Å². The Kier molecular flexibility index (Phi) is 8.76. The van der Waals surface area contributed by atoms with Gasteiger partial charge in [0.15, 0.2) is 0 Å². The maximum atomic E-state index is 12.7. The number of carbonyl (C=O) groups excluding carboxylic acids is 1. The molecule has 0 saturated carbocycles. The second kappa shape index (κ2) is 11.5. The number of hydrogen-bond acceptors (Lipinski definition) is 4. The van der Waals surface area contributed by atoms with Gasteiger partial charge in [0.25, 0.3) is 5.91 Å². The van der Waals surface area contributed by atoms with E-state index in [0.29, 0.717) is 30.4 Å². The molecule has 0 aliphatic carbocycles. The molecule has 6 heteroatoms. The lowest BCUT2D eigenvalue weighted by atomic mass is 9.99. The van der Waals surface area contributed by atoms with Crippen molar-refractivity contribution < 1.29 is 14.3 Å². The van der Waals surface area contributed by atoms with E-state index in [9.17, 15) is 4.79 Å². The van der Waals surface area contributed by atoms with E-state index in [0.717, 1.165) is 44.9 Å². The maximum absolute atomic E-state index is 12.7. The Morgan fingerprint density at radius 3 is 2.35 bits per heavy atom. The Bertz CT molecular complexity index is 862. The fraction of sp³-hybridized carbons (Fsp3) is 0.480. The van der Waals surface area contributed by atoms with Gasteiger partial charge in [-0.15, -0.1) is 0 Å². The fourth-order valence-electron chi connectivity index (χ4n) is 3.86. The first-order valence-electron chi connectivity index (χ1n) is 11.1. The molecule has 5 nitrogen and oxygen atoms in total. The first-order chi connectivity index (χ1) is 15.0. The molecule has 2 aromatic rings. The molecule has 0 N–H and O–H groups in total. The third-order valence-electron chi connectivity index (χ3n) is 5.99. The van der Waals surface area contributed by atoms with Crippen molar-refractivity contribution in [3.8, 4) is 5.75 Å². The molecule has 1 saturated heterocycles. The molecule has 0 spiro atoms. The Labute approximate surface area is 190 Å². The monoisotopic (exact) mass is 444 g/mol. The molecule has 1 aliphatic rings. The highest BCUT2D eigenvalue weighted by Crippen LogP contribution is 2.25. The standard InChI is InChI=1S/C25H33ClN2O3/c1-4-30-17-18-31-24-10-7-21(19(2)20(24)3)11-12-27-13-15-28(16-14-27)25(29)22-5-8-23(26)9-6-22/h5-10H,4,11-18H2,1-3H3. The number of nitrogens with zero attached hydrogens (tertiary/aromatic N) is 2. The van der Waals surface area contributed by atoms with Crippen molar-refractivity contribution in [2.45, 2.75) is 27.2 Å². The van der Waals surface area contributed by atoms with Gasteiger partial charge in [-0.25, -0.2) is 0 Å². The smallest absolute Gasteiger partial charge is 0.253 e. The summed E-state index contributed by atoms with van der Waals surface area (Å²) in [6.07, 6.45) is 0.997. The van der Waals surface area contributed by atoms with E-state index in [1.54, 1.807) is 24.3 Å². The fourth-order valence-corrected chi connectivity index (χ4v) is 3.99. The van der Waals surface area contributed by atoms with Gasteiger partial charge in [0.2, 0.25) is 0 Å². The average Bonchev–Trinajstić information content (AvgIpc) is 2.79. The van der Waals surface area contributed by atoms with Crippen LogP contribution in [0.15, 0.2) is 36.4 Å². The van der Waals surface area contributed by atoms with Gasteiger partial charge in [-0.3, -0.25) is 9.69 Å². The van der Waals surface area contributed by atoms with E-state index in [1.807, 2.05) is 11.8 Å². The van der Waals surface area contributed by atoms with Crippen molar-refractivity contribution in [2.24, 2.45) is 0 Å². The molecule has 2 aromatic carbocycles. The first-order valence-corrected chi connectivity index (χ1v) is 11.4. The summed E-state index contributed by atoms with van der Waals surface area (Å²) in [5, 5.41) is 0.650. The number of hydrogen-bond donors (Lipinski definition) is 0. The number of carbonyl (C=O) groups is 1. The summed E-state index contributed by atoms with van der Waals surface area (Å²) in [6.45, 7) is 12.5. The van der Waals surface area contributed by atoms with E-state index in [4.69, 9.17) is 21.1 Å². The minimum atomic E-state index is 0.0858. The van der Waals surface area contributed by atoms with Gasteiger partial charge in [0, 0.05) is 49.9 Å². The predicted molar refractivity (Wildman–Crippen MR) is 125 cm³/mol. The van der Waals surface area contributed by atoms with Crippen LogP contribution in [0.25, 0.3) is 0 Å². The SMILES string of the molecule is CCOCCOc1ccc(CCN2CCN(C(=O)c3ccc(Cl)cc3)CC2)c(C)c1C. The van der Waals surface area contributed by atoms with Crippen molar-refractivity contribution in [1.82, 2.24) is 9.80 Å². The maximum Gasteiger partial charge on any atom is 0.253 e. The van der Waals surface area contributed by atoms with Gasteiger partial charge in [0.05, 0.1) is 6.61 Å². The van der Waals surface area contributed by atoms with Gasteiger partial charge < -0.3 is 14.4 Å². The Morgan fingerprint density at radius 2 is 1.68 bits per heavy atom. The van der Waals surface area contributed by atoms with Crippen LogP contribution in [0.3, 0.4) is 0 Å². The zero-order chi connectivity index (χ0) is 22.2. The van der Waals surface area contributed by atoms with Crippen LogP contribution in [0.2, 0.25) is 5.02 Å². The molecule has 1 fully saturated rings. The largest absolute Gasteiger partial charge is 0.491 e. The summed E-state index contributed by atoms with van der Waals surface area (Å²) >= 11 is 5.93. The van der Waals surface area contributed by atoms with E-state index in [-0.39, 0.29) is 5.91 Å². The van der Waals surface area contributed by atoms with Crippen LogP contribution in [0.5, 0.6) is 5.75 Å². The predicted octanol–water partition coefficient (Wildman–Crippen LogP) is 4.37. The molecule has 0 unspecified atom stereocenters. The highest BCUT2D eigenvalue weighted by atomic mass is 35.5. The van der Waals surface area contributed by atoms with Crippen molar-refractivity contribution in [1.29, 1.82) is 0 Å². The van der Waals surface area contributed by atoms with Crippen LogP contribution >= 0.6 is 11.6 Å². The van der Waals surface area contributed by atoms with Crippen LogP contribution in [0, 0.1) is 13.8 Å². The number of benzene rings is 2. The molecular weight excluding hydrogens is 412 g/mol. The van der Waals surface area contributed by atoms with E-state index in [1.165, 1.54) is 16.7 Å². The van der Waals surface area contributed by atoms with Crippen molar-refractivity contribution in [3.05, 3.63) is 63.7 Å². The van der Waals surface area contributed by atoms with Gasteiger partial charge in [-0.05, 0) is 74.2 Å². The normalized spacial score (nSPS) is 14.6. The highest BCUT2D eigenvalue weighted by Gasteiger charge is 2.22. The van der Waals surface area contributed by atoms with Gasteiger partial charge in [0.1, 0.15) is 12.4 Å². The highest BCUT2D eigenvalue weighted by molar-refractivity contribution is 6.30. The van der Waals surface area contributed by atoms with Crippen LogP contribution in [0.4, 0.5) is 0 Å². The molecule has 0 aromatic heterocycles. The molecule has 1 heterocycles. The van der Waals surface area contributed by atoms with Gasteiger partial charge >= 0.3 is 0 Å².